The number of hydrogen-bond donors (Lipinski definition) is 0. The number of nitrogens with zero attached hydrogens (tertiary/aromatic N) is 4. The van der Waals surface area contributed by atoms with Gasteiger partial charge in [-0.1, -0.05) is 6.07 Å². The SMILES string of the molecule is CCn1c(=O)c(C)nc2cc(C(=O)OCc3cc(=O)n4cc(C)ccc4n3)ccc21. The molecular formula is C22H20N4O4. The van der Waals surface area contributed by atoms with Gasteiger partial charge in [0.15, 0.2) is 0 Å². The topological polar surface area (TPSA) is 95.6 Å². The molecule has 0 aliphatic heterocycles. The molecule has 0 saturated heterocycles. The molecule has 0 unspecified atom stereocenters. The smallest absolute Gasteiger partial charge is 0.338 e. The fourth-order valence-electron chi connectivity index (χ4n) is 3.37. The molecule has 4 rings (SSSR count). The van der Waals surface area contributed by atoms with Crippen molar-refractivity contribution >= 4 is 22.6 Å². The third kappa shape index (κ3) is 3.47. The Morgan fingerprint density at radius 2 is 1.87 bits per heavy atom. The van der Waals surface area contributed by atoms with Crippen LogP contribution in [0.1, 0.15) is 34.2 Å². The summed E-state index contributed by atoms with van der Waals surface area (Å²) < 4.78 is 8.42. The summed E-state index contributed by atoms with van der Waals surface area (Å²) in [4.78, 5) is 45.7. The minimum absolute atomic E-state index is 0.128. The van der Waals surface area contributed by atoms with Crippen LogP contribution in [0.3, 0.4) is 0 Å². The minimum atomic E-state index is -0.559. The number of pyridine rings is 1. The van der Waals surface area contributed by atoms with Crippen molar-refractivity contribution in [1.29, 1.82) is 0 Å². The molecular weight excluding hydrogens is 384 g/mol. The van der Waals surface area contributed by atoms with Crippen LogP contribution < -0.4 is 11.1 Å². The Kier molecular flexibility index (Phi) is 4.91. The quantitative estimate of drug-likeness (QED) is 0.485. The first-order valence-electron chi connectivity index (χ1n) is 9.54. The number of benzene rings is 1. The third-order valence-electron chi connectivity index (χ3n) is 4.87. The third-order valence-corrected chi connectivity index (χ3v) is 4.87. The zero-order valence-electron chi connectivity index (χ0n) is 16.9. The molecule has 3 aromatic heterocycles. The number of esters is 1. The molecule has 3 heterocycles. The predicted molar refractivity (Wildman–Crippen MR) is 112 cm³/mol. The summed E-state index contributed by atoms with van der Waals surface area (Å²) in [5.41, 5.74) is 3.29. The molecule has 152 valence electrons. The van der Waals surface area contributed by atoms with E-state index in [9.17, 15) is 14.4 Å². The van der Waals surface area contributed by atoms with Gasteiger partial charge in [0.1, 0.15) is 17.9 Å². The molecule has 30 heavy (non-hydrogen) atoms. The first kappa shape index (κ1) is 19.5. The van der Waals surface area contributed by atoms with Crippen LogP contribution in [-0.4, -0.2) is 24.9 Å². The second-order valence-electron chi connectivity index (χ2n) is 7.05. The van der Waals surface area contributed by atoms with Crippen LogP contribution in [0.4, 0.5) is 0 Å². The van der Waals surface area contributed by atoms with Crippen LogP contribution in [0.2, 0.25) is 0 Å². The highest BCUT2D eigenvalue weighted by atomic mass is 16.5. The number of carbonyl (C=O) groups is 1. The fraction of sp³-hybridized carbons (Fsp3) is 0.227. The van der Waals surface area contributed by atoms with Crippen molar-refractivity contribution in [2.45, 2.75) is 33.9 Å². The molecule has 8 nitrogen and oxygen atoms in total. The van der Waals surface area contributed by atoms with E-state index in [0.29, 0.717) is 40.2 Å². The number of aryl methyl sites for hydroxylation is 3. The summed E-state index contributed by atoms with van der Waals surface area (Å²) in [6.45, 7) is 5.79. The molecule has 0 fully saturated rings. The number of carbonyl (C=O) groups excluding carboxylic acids is 1. The first-order chi connectivity index (χ1) is 14.4. The zero-order chi connectivity index (χ0) is 21.4. The van der Waals surface area contributed by atoms with Crippen molar-refractivity contribution in [1.82, 2.24) is 18.9 Å². The van der Waals surface area contributed by atoms with Crippen molar-refractivity contribution in [3.05, 3.63) is 85.8 Å². The van der Waals surface area contributed by atoms with Crippen LogP contribution in [0.25, 0.3) is 16.7 Å². The molecule has 0 radical (unpaired) electrons. The summed E-state index contributed by atoms with van der Waals surface area (Å²) in [6, 6.07) is 9.84. The summed E-state index contributed by atoms with van der Waals surface area (Å²) in [5.74, 6) is -0.559. The van der Waals surface area contributed by atoms with E-state index in [1.54, 1.807) is 42.0 Å². The summed E-state index contributed by atoms with van der Waals surface area (Å²) in [6.07, 6.45) is 1.71. The van der Waals surface area contributed by atoms with E-state index in [-0.39, 0.29) is 17.7 Å². The molecule has 0 amide bonds. The molecule has 0 spiro atoms. The van der Waals surface area contributed by atoms with E-state index in [2.05, 4.69) is 9.97 Å². The molecule has 0 atom stereocenters. The van der Waals surface area contributed by atoms with Crippen LogP contribution >= 0.6 is 0 Å². The first-order valence-corrected chi connectivity index (χ1v) is 9.54. The second kappa shape index (κ2) is 7.55. The van der Waals surface area contributed by atoms with Crippen LogP contribution in [-0.2, 0) is 17.9 Å². The van der Waals surface area contributed by atoms with Gasteiger partial charge in [-0.25, -0.2) is 14.8 Å². The van der Waals surface area contributed by atoms with E-state index in [0.717, 1.165) is 5.56 Å². The van der Waals surface area contributed by atoms with Gasteiger partial charge < -0.3 is 9.30 Å². The van der Waals surface area contributed by atoms with E-state index >= 15 is 0 Å². The molecule has 0 bridgehead atoms. The van der Waals surface area contributed by atoms with Gasteiger partial charge in [-0.15, -0.1) is 0 Å². The van der Waals surface area contributed by atoms with Gasteiger partial charge in [-0.05, 0) is 50.6 Å². The summed E-state index contributed by atoms with van der Waals surface area (Å²) in [5, 5.41) is 0. The lowest BCUT2D eigenvalue weighted by Crippen LogP contribution is -2.23. The highest BCUT2D eigenvalue weighted by Gasteiger charge is 2.13. The Morgan fingerprint density at radius 1 is 1.07 bits per heavy atom. The van der Waals surface area contributed by atoms with Crippen molar-refractivity contribution in [2.75, 3.05) is 0 Å². The predicted octanol–water partition coefficient (Wildman–Crippen LogP) is 2.40. The van der Waals surface area contributed by atoms with Gasteiger partial charge in [-0.2, -0.15) is 0 Å². The maximum absolute atomic E-state index is 12.5. The molecule has 8 heteroatoms. The lowest BCUT2D eigenvalue weighted by Gasteiger charge is -2.10. The van der Waals surface area contributed by atoms with Gasteiger partial charge >= 0.3 is 5.97 Å². The molecule has 1 aromatic carbocycles. The van der Waals surface area contributed by atoms with Crippen molar-refractivity contribution < 1.29 is 9.53 Å². The highest BCUT2D eigenvalue weighted by Crippen LogP contribution is 2.15. The maximum Gasteiger partial charge on any atom is 0.338 e. The zero-order valence-corrected chi connectivity index (χ0v) is 16.9. The Labute approximate surface area is 171 Å². The molecule has 0 aliphatic rings. The minimum Gasteiger partial charge on any atom is -0.456 e. The van der Waals surface area contributed by atoms with E-state index in [1.807, 2.05) is 19.9 Å². The van der Waals surface area contributed by atoms with Gasteiger partial charge in [0.05, 0.1) is 22.3 Å². The fourth-order valence-corrected chi connectivity index (χ4v) is 3.37. The van der Waals surface area contributed by atoms with E-state index < -0.39 is 5.97 Å². The van der Waals surface area contributed by atoms with Gasteiger partial charge in [-0.3, -0.25) is 14.0 Å². The Balaban J connectivity index is 1.60. The van der Waals surface area contributed by atoms with Gasteiger partial charge in [0.25, 0.3) is 11.1 Å². The number of ether oxygens (including phenoxy) is 1. The summed E-state index contributed by atoms with van der Waals surface area (Å²) >= 11 is 0. The molecule has 0 aliphatic carbocycles. The van der Waals surface area contributed by atoms with Gasteiger partial charge in [0.2, 0.25) is 0 Å². The van der Waals surface area contributed by atoms with E-state index in [1.165, 1.54) is 10.5 Å². The standard InChI is InChI=1S/C22H20N4O4/c1-4-25-18-7-6-15(9-17(18)23-14(3)21(25)28)22(29)30-12-16-10-20(27)26-11-13(2)5-8-19(26)24-16/h5-11H,4,12H2,1-3H3. The van der Waals surface area contributed by atoms with Gasteiger partial charge in [0, 0.05) is 18.8 Å². The van der Waals surface area contributed by atoms with Crippen LogP contribution in [0.5, 0.6) is 0 Å². The Hall–Kier alpha value is -3.81. The number of rotatable bonds is 4. The van der Waals surface area contributed by atoms with E-state index in [4.69, 9.17) is 4.74 Å². The number of fused-ring (bicyclic) bond motifs is 2. The van der Waals surface area contributed by atoms with Crippen molar-refractivity contribution in [3.8, 4) is 0 Å². The second-order valence-corrected chi connectivity index (χ2v) is 7.05. The average Bonchev–Trinajstić information content (AvgIpc) is 2.73. The van der Waals surface area contributed by atoms with Crippen LogP contribution in [0, 0.1) is 13.8 Å². The van der Waals surface area contributed by atoms with Crippen molar-refractivity contribution in [2.24, 2.45) is 0 Å². The molecule has 0 saturated carbocycles. The summed E-state index contributed by atoms with van der Waals surface area (Å²) in [7, 11) is 0. The highest BCUT2D eigenvalue weighted by molar-refractivity contribution is 5.93. The number of aromatic nitrogens is 4. The number of hydrogen-bond acceptors (Lipinski definition) is 6. The Bertz CT molecular complexity index is 1420. The van der Waals surface area contributed by atoms with Crippen LogP contribution in [0.15, 0.2) is 52.2 Å². The monoisotopic (exact) mass is 404 g/mol. The lowest BCUT2D eigenvalue weighted by atomic mass is 10.2. The normalized spacial score (nSPS) is 11.2. The largest absolute Gasteiger partial charge is 0.456 e. The molecule has 4 aromatic rings. The van der Waals surface area contributed by atoms with Crippen molar-refractivity contribution in [3.63, 3.8) is 0 Å². The lowest BCUT2D eigenvalue weighted by molar-refractivity contribution is 0.0468. The molecule has 0 N–H and O–H groups in total. The average molecular weight is 404 g/mol. The maximum atomic E-state index is 12.5. The Morgan fingerprint density at radius 3 is 2.63 bits per heavy atom.